The third-order valence-corrected chi connectivity index (χ3v) is 5.55. The summed E-state index contributed by atoms with van der Waals surface area (Å²) in [5.41, 5.74) is 1.44. The summed E-state index contributed by atoms with van der Waals surface area (Å²) in [7, 11) is 0. The minimum absolute atomic E-state index is 0.00676. The third-order valence-electron chi connectivity index (χ3n) is 4.06. The van der Waals surface area contributed by atoms with Crippen molar-refractivity contribution in [3.05, 3.63) is 67.0 Å². The van der Waals surface area contributed by atoms with Gasteiger partial charge in [-0.05, 0) is 76.1 Å². The van der Waals surface area contributed by atoms with Gasteiger partial charge in [-0.3, -0.25) is 19.7 Å². The molecule has 0 fully saturated rings. The van der Waals surface area contributed by atoms with E-state index in [0.29, 0.717) is 33.0 Å². The van der Waals surface area contributed by atoms with E-state index in [9.17, 15) is 19.7 Å². The molecule has 32 heavy (non-hydrogen) atoms. The number of nitrogens with zero attached hydrogens (tertiary/aromatic N) is 2. The van der Waals surface area contributed by atoms with Crippen LogP contribution in [-0.4, -0.2) is 28.5 Å². The number of amidine groups is 1. The summed E-state index contributed by atoms with van der Waals surface area (Å²) < 4.78 is 12.2. The van der Waals surface area contributed by atoms with Gasteiger partial charge in [-0.15, -0.1) is 0 Å². The minimum atomic E-state index is -0.459. The summed E-state index contributed by atoms with van der Waals surface area (Å²) in [5, 5.41) is 13.5. The molecule has 0 atom stereocenters. The van der Waals surface area contributed by atoms with Crippen molar-refractivity contribution in [2.75, 3.05) is 6.61 Å². The number of halogens is 1. The van der Waals surface area contributed by atoms with Crippen molar-refractivity contribution >= 4 is 56.4 Å². The monoisotopic (exact) mass is 519 g/mol. The highest BCUT2D eigenvalue weighted by atomic mass is 79.9. The van der Waals surface area contributed by atoms with Gasteiger partial charge in [-0.2, -0.15) is 4.99 Å². The topological polar surface area (TPSA) is 120 Å². The molecule has 1 N–H and O–H groups in total. The fraction of sp³-hybridized carbons (Fsp3) is 0.190. The van der Waals surface area contributed by atoms with Crippen molar-refractivity contribution in [3.8, 4) is 11.5 Å². The summed E-state index contributed by atoms with van der Waals surface area (Å²) in [5.74, 6) is 0.189. The maximum absolute atomic E-state index is 12.1. The fourth-order valence-electron chi connectivity index (χ4n) is 2.71. The van der Waals surface area contributed by atoms with Crippen molar-refractivity contribution < 1.29 is 24.0 Å². The first-order valence-electron chi connectivity index (χ1n) is 9.39. The molecule has 0 saturated carbocycles. The molecule has 2 aromatic carbocycles. The first-order valence-corrected chi connectivity index (χ1v) is 11.0. The quantitative estimate of drug-likeness (QED) is 0.326. The van der Waals surface area contributed by atoms with E-state index in [-0.39, 0.29) is 23.4 Å². The summed E-state index contributed by atoms with van der Waals surface area (Å²) in [6.07, 6.45) is 1.65. The maximum Gasteiger partial charge on any atom is 0.286 e. The molecule has 1 aliphatic heterocycles. The normalized spacial score (nSPS) is 14.3. The molecule has 11 heteroatoms. The fourth-order valence-corrected chi connectivity index (χ4v) is 4.14. The van der Waals surface area contributed by atoms with Crippen LogP contribution in [0, 0.1) is 10.1 Å². The van der Waals surface area contributed by atoms with Crippen LogP contribution in [-0.2, 0) is 16.2 Å². The highest BCUT2D eigenvalue weighted by Gasteiger charge is 2.23. The number of benzene rings is 2. The van der Waals surface area contributed by atoms with E-state index in [2.05, 4.69) is 26.2 Å². The number of ether oxygens (including phenoxy) is 2. The molecular formula is C21H18BrN3O6S. The molecule has 0 bridgehead atoms. The number of carbonyl (C=O) groups excluding carboxylic acids is 2. The van der Waals surface area contributed by atoms with Gasteiger partial charge in [0.15, 0.2) is 16.7 Å². The van der Waals surface area contributed by atoms with Gasteiger partial charge in [0.05, 0.1) is 20.9 Å². The number of hydrogen-bond acceptors (Lipinski definition) is 7. The van der Waals surface area contributed by atoms with Gasteiger partial charge in [0.25, 0.3) is 11.6 Å². The first kappa shape index (κ1) is 23.5. The van der Waals surface area contributed by atoms with Crippen LogP contribution in [0.2, 0.25) is 0 Å². The zero-order valence-corrected chi connectivity index (χ0v) is 19.5. The van der Waals surface area contributed by atoms with Gasteiger partial charge in [-0.25, -0.2) is 0 Å². The lowest BCUT2D eigenvalue weighted by molar-refractivity contribution is -0.384. The van der Waals surface area contributed by atoms with E-state index in [0.717, 1.165) is 17.3 Å². The third kappa shape index (κ3) is 5.95. The number of hydrogen-bond donors (Lipinski definition) is 1. The van der Waals surface area contributed by atoms with Crippen LogP contribution in [0.1, 0.15) is 25.0 Å². The molecule has 2 amide bonds. The van der Waals surface area contributed by atoms with Gasteiger partial charge in [-0.1, -0.05) is 0 Å². The van der Waals surface area contributed by atoms with Gasteiger partial charge in [0.1, 0.15) is 6.61 Å². The highest BCUT2D eigenvalue weighted by molar-refractivity contribution is 9.10. The largest absolute Gasteiger partial charge is 0.490 e. The molecule has 1 heterocycles. The Labute approximate surface area is 196 Å². The van der Waals surface area contributed by atoms with Gasteiger partial charge in [0, 0.05) is 19.1 Å². The number of nitro benzene ring substituents is 1. The molecule has 3 rings (SSSR count). The van der Waals surface area contributed by atoms with E-state index in [1.165, 1.54) is 19.1 Å². The van der Waals surface area contributed by atoms with Crippen molar-refractivity contribution in [3.63, 3.8) is 0 Å². The maximum atomic E-state index is 12.1. The molecule has 0 unspecified atom stereocenters. The minimum Gasteiger partial charge on any atom is -0.490 e. The average Bonchev–Trinajstić information content (AvgIpc) is 3.05. The first-order chi connectivity index (χ1) is 15.3. The molecule has 2 aromatic rings. The van der Waals surface area contributed by atoms with E-state index in [1.807, 2.05) is 6.92 Å². The molecule has 9 nitrogen and oxygen atoms in total. The Bertz CT molecular complexity index is 1130. The molecule has 0 saturated heterocycles. The Kier molecular flexibility index (Phi) is 7.65. The number of nitrogens with one attached hydrogen (secondary N) is 1. The predicted molar refractivity (Wildman–Crippen MR) is 125 cm³/mol. The number of thioether (sulfide) groups is 1. The lowest BCUT2D eigenvalue weighted by Crippen LogP contribution is -2.23. The highest BCUT2D eigenvalue weighted by Crippen LogP contribution is 2.39. The summed E-state index contributed by atoms with van der Waals surface area (Å²) in [6, 6.07) is 9.59. The van der Waals surface area contributed by atoms with E-state index >= 15 is 0 Å². The van der Waals surface area contributed by atoms with Gasteiger partial charge in [0.2, 0.25) is 5.91 Å². The SMILES string of the molecule is CCOc1cc(/C=C2\SC(NC(C)=O)=NC2=O)cc(Br)c1OCc1ccc([N+](=O)[O-])cc1. The van der Waals surface area contributed by atoms with Crippen LogP contribution in [0.5, 0.6) is 11.5 Å². The lowest BCUT2D eigenvalue weighted by atomic mass is 10.1. The zero-order valence-electron chi connectivity index (χ0n) is 17.1. The van der Waals surface area contributed by atoms with Crippen LogP contribution in [0.15, 0.2) is 50.8 Å². The van der Waals surface area contributed by atoms with Crippen LogP contribution in [0.25, 0.3) is 6.08 Å². The number of rotatable bonds is 7. The van der Waals surface area contributed by atoms with Crippen LogP contribution in [0.4, 0.5) is 5.69 Å². The number of amides is 2. The van der Waals surface area contributed by atoms with Crippen LogP contribution in [0.3, 0.4) is 0 Å². The second-order valence-electron chi connectivity index (χ2n) is 6.49. The Morgan fingerprint density at radius 3 is 2.62 bits per heavy atom. The number of aliphatic imine (C=N–C) groups is 1. The Hall–Kier alpha value is -3.18. The number of non-ortho nitro benzene ring substituents is 1. The number of nitro groups is 1. The van der Waals surface area contributed by atoms with E-state index in [4.69, 9.17) is 9.47 Å². The second-order valence-corrected chi connectivity index (χ2v) is 8.37. The number of carbonyl (C=O) groups is 2. The predicted octanol–water partition coefficient (Wildman–Crippen LogP) is 4.44. The van der Waals surface area contributed by atoms with Crippen LogP contribution < -0.4 is 14.8 Å². The van der Waals surface area contributed by atoms with Crippen molar-refractivity contribution in [1.29, 1.82) is 0 Å². The molecule has 0 spiro atoms. The van der Waals surface area contributed by atoms with Crippen molar-refractivity contribution in [2.24, 2.45) is 4.99 Å². The smallest absolute Gasteiger partial charge is 0.286 e. The van der Waals surface area contributed by atoms with E-state index < -0.39 is 10.8 Å². The van der Waals surface area contributed by atoms with Crippen LogP contribution >= 0.6 is 27.7 Å². The molecular weight excluding hydrogens is 502 g/mol. The standard InChI is InChI=1S/C21H18BrN3O6S/c1-3-30-17-9-14(10-18-20(27)24-21(32-18)23-12(2)26)8-16(22)19(17)31-11-13-4-6-15(7-5-13)25(28)29/h4-10H,3,11H2,1-2H3,(H,23,24,26,27)/b18-10-. The summed E-state index contributed by atoms with van der Waals surface area (Å²) >= 11 is 4.56. The molecule has 1 aliphatic rings. The van der Waals surface area contributed by atoms with Gasteiger partial charge >= 0.3 is 0 Å². The van der Waals surface area contributed by atoms with Crippen molar-refractivity contribution in [2.45, 2.75) is 20.5 Å². The molecule has 0 aliphatic carbocycles. The Balaban J connectivity index is 1.80. The Morgan fingerprint density at radius 2 is 2.00 bits per heavy atom. The zero-order chi connectivity index (χ0) is 23.3. The summed E-state index contributed by atoms with van der Waals surface area (Å²) in [6.45, 7) is 3.75. The molecule has 0 radical (unpaired) electrons. The second kappa shape index (κ2) is 10.4. The van der Waals surface area contributed by atoms with E-state index in [1.54, 1.807) is 30.3 Å². The van der Waals surface area contributed by atoms with Crippen molar-refractivity contribution in [1.82, 2.24) is 5.32 Å². The van der Waals surface area contributed by atoms with Gasteiger partial charge < -0.3 is 14.8 Å². The average molecular weight is 520 g/mol. The Morgan fingerprint density at radius 1 is 1.28 bits per heavy atom. The summed E-state index contributed by atoms with van der Waals surface area (Å²) in [4.78, 5) is 37.8. The molecule has 0 aromatic heterocycles. The lowest BCUT2D eigenvalue weighted by Gasteiger charge is -2.15. The molecule has 166 valence electrons.